The lowest BCUT2D eigenvalue weighted by molar-refractivity contribution is 0.0691. The summed E-state index contributed by atoms with van der Waals surface area (Å²) in [6, 6.07) is -0.288. The van der Waals surface area contributed by atoms with Crippen LogP contribution >= 0.6 is 0 Å². The average molecular weight is 238 g/mol. The van der Waals surface area contributed by atoms with Crippen LogP contribution in [0.3, 0.4) is 0 Å². The molecule has 1 aromatic rings. The molecular formula is C10H14N4O3. The predicted molar refractivity (Wildman–Crippen MR) is 60.8 cm³/mol. The zero-order valence-electron chi connectivity index (χ0n) is 9.22. The lowest BCUT2D eigenvalue weighted by Gasteiger charge is -2.05. The number of carbonyl (C=O) groups excluding carboxylic acids is 1. The number of aromatic nitrogens is 2. The van der Waals surface area contributed by atoms with E-state index in [4.69, 9.17) is 5.11 Å². The molecule has 92 valence electrons. The Morgan fingerprint density at radius 2 is 2.29 bits per heavy atom. The minimum Gasteiger partial charge on any atom is -0.476 e. The molecule has 0 spiro atoms. The molecule has 7 nitrogen and oxygen atoms in total. The van der Waals surface area contributed by atoms with Crippen LogP contribution in [0.5, 0.6) is 0 Å². The van der Waals surface area contributed by atoms with E-state index in [1.807, 2.05) is 0 Å². The van der Waals surface area contributed by atoms with Gasteiger partial charge in [-0.1, -0.05) is 6.08 Å². The van der Waals surface area contributed by atoms with Gasteiger partial charge in [0, 0.05) is 25.8 Å². The lowest BCUT2D eigenvalue weighted by Crippen LogP contribution is -2.37. The summed E-state index contributed by atoms with van der Waals surface area (Å²) in [5.74, 6) is -1.07. The molecule has 0 aromatic carbocycles. The molecule has 1 rings (SSSR count). The molecule has 0 radical (unpaired) electrons. The Labute approximate surface area is 98.2 Å². The summed E-state index contributed by atoms with van der Waals surface area (Å²) in [4.78, 5) is 25.4. The number of amides is 2. The van der Waals surface area contributed by atoms with Crippen LogP contribution in [-0.2, 0) is 6.54 Å². The number of imidazole rings is 1. The molecular weight excluding hydrogens is 224 g/mol. The molecule has 17 heavy (non-hydrogen) atoms. The number of hydrogen-bond acceptors (Lipinski definition) is 3. The topological polar surface area (TPSA) is 96.3 Å². The fraction of sp³-hybridized carbons (Fsp3) is 0.300. The summed E-state index contributed by atoms with van der Waals surface area (Å²) in [6.45, 7) is 4.72. The first-order valence-corrected chi connectivity index (χ1v) is 5.01. The Morgan fingerprint density at radius 3 is 2.88 bits per heavy atom. The Kier molecular flexibility index (Phi) is 4.74. The monoisotopic (exact) mass is 238 g/mol. The number of rotatable bonds is 6. The van der Waals surface area contributed by atoms with Crippen LogP contribution in [0.15, 0.2) is 25.2 Å². The summed E-state index contributed by atoms with van der Waals surface area (Å²) in [7, 11) is 0. The number of urea groups is 1. The molecule has 0 aliphatic heterocycles. The van der Waals surface area contributed by atoms with Gasteiger partial charge in [-0.15, -0.1) is 6.58 Å². The van der Waals surface area contributed by atoms with E-state index in [9.17, 15) is 9.59 Å². The normalized spacial score (nSPS) is 9.65. The van der Waals surface area contributed by atoms with Crippen LogP contribution in [0.1, 0.15) is 10.5 Å². The summed E-state index contributed by atoms with van der Waals surface area (Å²) in [5, 5.41) is 13.8. The van der Waals surface area contributed by atoms with E-state index >= 15 is 0 Å². The van der Waals surface area contributed by atoms with Crippen LogP contribution in [-0.4, -0.2) is 39.7 Å². The second-order valence-electron chi connectivity index (χ2n) is 3.23. The molecule has 1 aromatic heterocycles. The van der Waals surface area contributed by atoms with Gasteiger partial charge in [-0.25, -0.2) is 14.6 Å². The van der Waals surface area contributed by atoms with Crippen molar-refractivity contribution in [2.45, 2.75) is 6.54 Å². The minimum atomic E-state index is -1.07. The highest BCUT2D eigenvalue weighted by Gasteiger charge is 2.06. The minimum absolute atomic E-state index is 0.0129. The number of nitrogens with one attached hydrogen (secondary N) is 2. The largest absolute Gasteiger partial charge is 0.476 e. The molecule has 0 aliphatic rings. The lowest BCUT2D eigenvalue weighted by atomic mass is 10.5. The molecule has 1 heterocycles. The number of aromatic carboxylic acids is 1. The van der Waals surface area contributed by atoms with Crippen LogP contribution in [0.2, 0.25) is 0 Å². The van der Waals surface area contributed by atoms with Crippen LogP contribution in [0, 0.1) is 0 Å². The van der Waals surface area contributed by atoms with Crippen LogP contribution in [0.25, 0.3) is 0 Å². The zero-order chi connectivity index (χ0) is 12.7. The molecule has 0 aliphatic carbocycles. The smallest absolute Gasteiger partial charge is 0.356 e. The first-order valence-electron chi connectivity index (χ1n) is 5.01. The van der Waals surface area contributed by atoms with Crippen molar-refractivity contribution in [3.8, 4) is 0 Å². The van der Waals surface area contributed by atoms with E-state index in [-0.39, 0.29) is 11.7 Å². The average Bonchev–Trinajstić information content (AvgIpc) is 2.75. The highest BCUT2D eigenvalue weighted by Crippen LogP contribution is 1.95. The molecule has 0 unspecified atom stereocenters. The number of carboxylic acids is 1. The Morgan fingerprint density at radius 1 is 1.53 bits per heavy atom. The van der Waals surface area contributed by atoms with Gasteiger partial charge in [-0.2, -0.15) is 0 Å². The van der Waals surface area contributed by atoms with Crippen molar-refractivity contribution in [1.82, 2.24) is 20.2 Å². The van der Waals surface area contributed by atoms with Crippen molar-refractivity contribution >= 4 is 12.0 Å². The first-order chi connectivity index (χ1) is 8.13. The SMILES string of the molecule is C=CCNC(=O)NCCn1cnc(C(=O)O)c1. The Balaban J connectivity index is 2.28. The first kappa shape index (κ1) is 12.8. The summed E-state index contributed by atoms with van der Waals surface area (Å²) >= 11 is 0. The number of carbonyl (C=O) groups is 2. The van der Waals surface area contributed by atoms with Crippen molar-refractivity contribution < 1.29 is 14.7 Å². The van der Waals surface area contributed by atoms with Gasteiger partial charge in [-0.05, 0) is 0 Å². The highest BCUT2D eigenvalue weighted by molar-refractivity contribution is 5.84. The van der Waals surface area contributed by atoms with Gasteiger partial charge in [0.15, 0.2) is 5.69 Å². The Bertz CT molecular complexity index is 413. The molecule has 0 atom stereocenters. The van der Waals surface area contributed by atoms with E-state index in [1.54, 1.807) is 10.6 Å². The maximum Gasteiger partial charge on any atom is 0.356 e. The maximum atomic E-state index is 11.1. The van der Waals surface area contributed by atoms with Crippen molar-refractivity contribution in [2.75, 3.05) is 13.1 Å². The third-order valence-electron chi connectivity index (χ3n) is 1.91. The van der Waals surface area contributed by atoms with Crippen molar-refractivity contribution in [3.05, 3.63) is 30.9 Å². The van der Waals surface area contributed by atoms with E-state index in [1.165, 1.54) is 12.5 Å². The Hall–Kier alpha value is -2.31. The van der Waals surface area contributed by atoms with E-state index in [0.29, 0.717) is 19.6 Å². The highest BCUT2D eigenvalue weighted by atomic mass is 16.4. The number of carboxylic acid groups (broad SMARTS) is 1. The summed E-state index contributed by atoms with van der Waals surface area (Å²) < 4.78 is 1.59. The molecule has 3 N–H and O–H groups in total. The second kappa shape index (κ2) is 6.31. The van der Waals surface area contributed by atoms with Crippen LogP contribution in [0.4, 0.5) is 4.79 Å². The third-order valence-corrected chi connectivity index (χ3v) is 1.91. The van der Waals surface area contributed by atoms with E-state index < -0.39 is 5.97 Å². The summed E-state index contributed by atoms with van der Waals surface area (Å²) in [6.07, 6.45) is 4.40. The van der Waals surface area contributed by atoms with Gasteiger partial charge in [-0.3, -0.25) is 0 Å². The van der Waals surface area contributed by atoms with E-state index in [2.05, 4.69) is 22.2 Å². The third kappa shape index (κ3) is 4.37. The fourth-order valence-electron chi connectivity index (χ4n) is 1.12. The van der Waals surface area contributed by atoms with Crippen molar-refractivity contribution in [2.24, 2.45) is 0 Å². The van der Waals surface area contributed by atoms with Gasteiger partial charge < -0.3 is 20.3 Å². The maximum absolute atomic E-state index is 11.1. The van der Waals surface area contributed by atoms with Gasteiger partial charge in [0.05, 0.1) is 6.33 Å². The van der Waals surface area contributed by atoms with Crippen molar-refractivity contribution in [3.63, 3.8) is 0 Å². The van der Waals surface area contributed by atoms with E-state index in [0.717, 1.165) is 0 Å². The number of hydrogen-bond donors (Lipinski definition) is 3. The number of nitrogens with zero attached hydrogens (tertiary/aromatic N) is 2. The molecule has 0 saturated carbocycles. The molecule has 0 bridgehead atoms. The standard InChI is InChI=1S/C10H14N4O3/c1-2-3-11-10(17)12-4-5-14-6-8(9(15)16)13-7-14/h2,6-7H,1,3-5H2,(H,15,16)(H2,11,12,17). The molecule has 7 heteroatoms. The van der Waals surface area contributed by atoms with Gasteiger partial charge in [0.1, 0.15) is 0 Å². The zero-order valence-corrected chi connectivity index (χ0v) is 9.22. The molecule has 2 amide bonds. The molecule has 0 saturated heterocycles. The predicted octanol–water partition coefficient (Wildman–Crippen LogP) is 0.0665. The van der Waals surface area contributed by atoms with Gasteiger partial charge in [0.2, 0.25) is 0 Å². The van der Waals surface area contributed by atoms with Crippen LogP contribution < -0.4 is 10.6 Å². The second-order valence-corrected chi connectivity index (χ2v) is 3.23. The summed E-state index contributed by atoms with van der Waals surface area (Å²) in [5.41, 5.74) is -0.0129. The quantitative estimate of drug-likeness (QED) is 0.611. The van der Waals surface area contributed by atoms with Gasteiger partial charge in [0.25, 0.3) is 0 Å². The van der Waals surface area contributed by atoms with Crippen molar-refractivity contribution in [1.29, 1.82) is 0 Å². The fourth-order valence-corrected chi connectivity index (χ4v) is 1.12. The van der Waals surface area contributed by atoms with Gasteiger partial charge >= 0.3 is 12.0 Å². The molecule has 0 fully saturated rings.